The molecular formula is C22H16. The maximum absolute atomic E-state index is 2.47. The summed E-state index contributed by atoms with van der Waals surface area (Å²) in [6, 6.07) is 11.8. The van der Waals surface area contributed by atoms with Crippen LogP contribution in [0.15, 0.2) is 42.5 Å². The summed E-state index contributed by atoms with van der Waals surface area (Å²) in [5.41, 5.74) is 4.42. The summed E-state index contributed by atoms with van der Waals surface area (Å²) in [5, 5.41) is 7.15. The first-order valence-corrected chi connectivity index (χ1v) is 8.27. The van der Waals surface area contributed by atoms with Crippen LogP contribution in [-0.2, 0) is 0 Å². The van der Waals surface area contributed by atoms with Crippen molar-refractivity contribution < 1.29 is 0 Å². The van der Waals surface area contributed by atoms with Gasteiger partial charge < -0.3 is 0 Å². The lowest BCUT2D eigenvalue weighted by Gasteiger charge is -2.17. The minimum Gasteiger partial charge on any atom is -0.0802 e. The Balaban J connectivity index is 1.90. The van der Waals surface area contributed by atoms with E-state index in [9.17, 15) is 0 Å². The van der Waals surface area contributed by atoms with Gasteiger partial charge in [0.1, 0.15) is 0 Å². The maximum Gasteiger partial charge on any atom is -0.00207 e. The van der Waals surface area contributed by atoms with E-state index in [1.807, 2.05) is 0 Å². The summed E-state index contributed by atoms with van der Waals surface area (Å²) in [6.45, 7) is 0. The van der Waals surface area contributed by atoms with Gasteiger partial charge in [-0.1, -0.05) is 60.7 Å². The molecule has 0 aliphatic heterocycles. The Morgan fingerprint density at radius 1 is 0.955 bits per heavy atom. The second kappa shape index (κ2) is 3.70. The first-order valence-electron chi connectivity index (χ1n) is 8.27. The quantitative estimate of drug-likeness (QED) is 0.541. The number of hydrogen-bond acceptors (Lipinski definition) is 0. The van der Waals surface area contributed by atoms with E-state index >= 15 is 0 Å². The summed E-state index contributed by atoms with van der Waals surface area (Å²) in [4.78, 5) is 0. The lowest BCUT2D eigenvalue weighted by Crippen LogP contribution is -2.05. The highest BCUT2D eigenvalue weighted by atomic mass is 14.4. The molecule has 6 rings (SSSR count). The Morgan fingerprint density at radius 3 is 2.95 bits per heavy atom. The molecule has 0 bridgehead atoms. The molecule has 104 valence electrons. The van der Waals surface area contributed by atoms with Crippen LogP contribution in [0, 0.1) is 5.92 Å². The third kappa shape index (κ3) is 1.29. The van der Waals surface area contributed by atoms with Crippen molar-refractivity contribution in [3.63, 3.8) is 0 Å². The molecular weight excluding hydrogens is 264 g/mol. The largest absolute Gasteiger partial charge is 0.0802 e. The average molecular weight is 280 g/mol. The molecule has 3 aliphatic carbocycles. The molecule has 1 fully saturated rings. The number of rotatable bonds is 0. The van der Waals surface area contributed by atoms with Crippen LogP contribution in [0.4, 0.5) is 0 Å². The molecule has 3 aliphatic rings. The third-order valence-electron chi connectivity index (χ3n) is 5.69. The van der Waals surface area contributed by atoms with Crippen LogP contribution >= 0.6 is 0 Å². The van der Waals surface area contributed by atoms with E-state index in [2.05, 4.69) is 60.7 Å². The maximum atomic E-state index is 2.47. The van der Waals surface area contributed by atoms with Gasteiger partial charge in [-0.2, -0.15) is 0 Å². The fraction of sp³-hybridized carbons (Fsp3) is 0.182. The van der Waals surface area contributed by atoms with E-state index in [1.165, 1.54) is 44.3 Å². The molecule has 0 amide bonds. The van der Waals surface area contributed by atoms with E-state index in [0.717, 1.165) is 18.3 Å². The van der Waals surface area contributed by atoms with E-state index < -0.39 is 0 Å². The van der Waals surface area contributed by atoms with Crippen molar-refractivity contribution in [3.05, 3.63) is 64.4 Å². The van der Waals surface area contributed by atoms with Crippen molar-refractivity contribution in [2.45, 2.75) is 18.8 Å². The van der Waals surface area contributed by atoms with E-state index in [1.54, 1.807) is 5.56 Å². The van der Waals surface area contributed by atoms with E-state index in [-0.39, 0.29) is 0 Å². The summed E-state index contributed by atoms with van der Waals surface area (Å²) < 4.78 is 0. The number of allylic oxidation sites excluding steroid dienone is 2. The van der Waals surface area contributed by atoms with Crippen LogP contribution in [0.3, 0.4) is 0 Å². The molecule has 22 heavy (non-hydrogen) atoms. The molecule has 0 heterocycles. The zero-order valence-electron chi connectivity index (χ0n) is 12.3. The van der Waals surface area contributed by atoms with Gasteiger partial charge in [0.25, 0.3) is 0 Å². The number of hydrogen-bond donors (Lipinski definition) is 0. The molecule has 0 N–H and O–H groups in total. The van der Waals surface area contributed by atoms with E-state index in [0.29, 0.717) is 0 Å². The molecule has 0 aromatic heterocycles. The van der Waals surface area contributed by atoms with Crippen LogP contribution in [0.25, 0.3) is 39.8 Å². The average Bonchev–Trinajstić information content (AvgIpc) is 3.35. The lowest BCUT2D eigenvalue weighted by molar-refractivity contribution is 1.00. The summed E-state index contributed by atoms with van der Waals surface area (Å²) in [5.74, 6) is 1.59. The van der Waals surface area contributed by atoms with Crippen LogP contribution in [-0.4, -0.2) is 0 Å². The van der Waals surface area contributed by atoms with Crippen molar-refractivity contribution in [3.8, 4) is 0 Å². The Morgan fingerprint density at radius 2 is 1.95 bits per heavy atom. The Hall–Kier alpha value is -2.34. The van der Waals surface area contributed by atoms with Crippen molar-refractivity contribution in [2.75, 3.05) is 0 Å². The molecule has 0 saturated heterocycles. The van der Waals surface area contributed by atoms with Gasteiger partial charge in [-0.15, -0.1) is 0 Å². The topological polar surface area (TPSA) is 0 Å². The van der Waals surface area contributed by atoms with Crippen LogP contribution in [0.1, 0.15) is 35.4 Å². The normalized spacial score (nSPS) is 24.0. The van der Waals surface area contributed by atoms with Crippen LogP contribution in [0.5, 0.6) is 0 Å². The van der Waals surface area contributed by atoms with Gasteiger partial charge in [0.2, 0.25) is 0 Å². The molecule has 3 aromatic carbocycles. The summed E-state index contributed by atoms with van der Waals surface area (Å²) in [6.07, 6.45) is 14.1. The summed E-state index contributed by atoms with van der Waals surface area (Å²) in [7, 11) is 0. The van der Waals surface area contributed by atoms with Gasteiger partial charge in [0, 0.05) is 0 Å². The number of fused-ring (bicyclic) bond motifs is 4. The Kier molecular flexibility index (Phi) is 1.89. The minimum absolute atomic E-state index is 0.782. The molecule has 0 radical (unpaired) electrons. The van der Waals surface area contributed by atoms with Gasteiger partial charge in [0.05, 0.1) is 0 Å². The second-order valence-electron chi connectivity index (χ2n) is 6.92. The zero-order chi connectivity index (χ0) is 14.3. The monoisotopic (exact) mass is 280 g/mol. The zero-order valence-corrected chi connectivity index (χ0v) is 12.3. The van der Waals surface area contributed by atoms with Gasteiger partial charge in [-0.05, 0) is 68.1 Å². The SMILES string of the molecule is C1=Cc2ccc3cc4c(c5ccc(c2c35)=CC1)C=CC1CC41. The lowest BCUT2D eigenvalue weighted by atomic mass is 9.86. The molecule has 0 nitrogen and oxygen atoms in total. The molecule has 0 heteroatoms. The van der Waals surface area contributed by atoms with Crippen LogP contribution < -0.4 is 5.22 Å². The highest BCUT2D eigenvalue weighted by Crippen LogP contribution is 2.54. The minimum atomic E-state index is 0.782. The van der Waals surface area contributed by atoms with E-state index in [4.69, 9.17) is 0 Å². The molecule has 0 spiro atoms. The first-order chi connectivity index (χ1) is 10.9. The standard InChI is InChI=1S/C22H16/c1-2-4-14-7-10-18-17-9-8-15-11-19(15)20(17)12-16-6-5-13(3-1)21(14)22(16)18/h1,3-10,12,15,19H,2,11H2. The molecule has 2 unspecified atom stereocenters. The van der Waals surface area contributed by atoms with Crippen molar-refractivity contribution >= 4 is 39.8 Å². The first kappa shape index (κ1) is 11.3. The van der Waals surface area contributed by atoms with Gasteiger partial charge in [0.15, 0.2) is 0 Å². The smallest absolute Gasteiger partial charge is 0.00207 e. The fourth-order valence-electron chi connectivity index (χ4n) is 4.52. The third-order valence-corrected chi connectivity index (χ3v) is 5.69. The molecule has 2 atom stereocenters. The van der Waals surface area contributed by atoms with Crippen molar-refractivity contribution in [1.29, 1.82) is 0 Å². The van der Waals surface area contributed by atoms with Crippen molar-refractivity contribution in [2.24, 2.45) is 5.92 Å². The van der Waals surface area contributed by atoms with Gasteiger partial charge >= 0.3 is 0 Å². The highest BCUT2D eigenvalue weighted by Gasteiger charge is 2.40. The Labute approximate surface area is 129 Å². The van der Waals surface area contributed by atoms with Gasteiger partial charge in [-0.3, -0.25) is 0 Å². The molecule has 1 saturated carbocycles. The fourth-order valence-corrected chi connectivity index (χ4v) is 4.52. The summed E-state index contributed by atoms with van der Waals surface area (Å²) >= 11 is 0. The molecule has 3 aromatic rings. The number of benzene rings is 3. The second-order valence-corrected chi connectivity index (χ2v) is 6.92. The predicted octanol–water partition coefficient (Wildman–Crippen LogP) is 5.04. The highest BCUT2D eigenvalue weighted by molar-refractivity contribution is 6.16. The Bertz CT molecular complexity index is 1080. The van der Waals surface area contributed by atoms with Crippen LogP contribution in [0.2, 0.25) is 0 Å². The predicted molar refractivity (Wildman–Crippen MR) is 94.7 cm³/mol. The van der Waals surface area contributed by atoms with Gasteiger partial charge in [-0.25, -0.2) is 0 Å². The van der Waals surface area contributed by atoms with Crippen molar-refractivity contribution in [1.82, 2.24) is 0 Å².